The zero-order valence-electron chi connectivity index (χ0n) is 16.1. The second-order valence-electron chi connectivity index (χ2n) is 7.32. The zero-order chi connectivity index (χ0) is 20.3. The average molecular weight is 383 g/mol. The number of urea groups is 1. The average Bonchev–Trinajstić information content (AvgIpc) is 2.70. The van der Waals surface area contributed by atoms with Crippen molar-refractivity contribution in [1.29, 1.82) is 0 Å². The van der Waals surface area contributed by atoms with Crippen LogP contribution >= 0.6 is 0 Å². The third-order valence-electron chi connectivity index (χ3n) is 5.16. The van der Waals surface area contributed by atoms with Crippen LogP contribution in [0, 0.1) is 5.92 Å². The maximum Gasteiger partial charge on any atom is 0.330 e. The Balaban J connectivity index is 1.68. The molecule has 0 aromatic heterocycles. The lowest BCUT2D eigenvalue weighted by atomic mass is 9.95. The van der Waals surface area contributed by atoms with Crippen LogP contribution in [-0.4, -0.2) is 60.0 Å². The predicted octanol–water partition coefficient (Wildman–Crippen LogP) is 2.48. The van der Waals surface area contributed by atoms with E-state index in [2.05, 4.69) is 5.32 Å². The van der Waals surface area contributed by atoms with Gasteiger partial charge in [-0.15, -0.1) is 0 Å². The van der Waals surface area contributed by atoms with Crippen LogP contribution in [0.25, 0.3) is 10.8 Å². The van der Waals surface area contributed by atoms with Gasteiger partial charge in [0.25, 0.3) is 0 Å². The molecule has 7 heteroatoms. The number of nitrogens with zero attached hydrogens (tertiary/aromatic N) is 2. The largest absolute Gasteiger partial charge is 0.479 e. The molecule has 1 saturated heterocycles. The van der Waals surface area contributed by atoms with Gasteiger partial charge >= 0.3 is 12.0 Å². The highest BCUT2D eigenvalue weighted by molar-refractivity contribution is 5.88. The number of carboxylic acid groups (broad SMARTS) is 1. The Morgan fingerprint density at radius 3 is 2.32 bits per heavy atom. The van der Waals surface area contributed by atoms with E-state index in [-0.39, 0.29) is 17.9 Å². The van der Waals surface area contributed by atoms with Crippen molar-refractivity contribution in [2.45, 2.75) is 18.9 Å². The van der Waals surface area contributed by atoms with Crippen LogP contribution in [0.3, 0.4) is 0 Å². The van der Waals surface area contributed by atoms with Gasteiger partial charge in [-0.25, -0.2) is 9.59 Å². The summed E-state index contributed by atoms with van der Waals surface area (Å²) < 4.78 is 0. The van der Waals surface area contributed by atoms with E-state index in [1.807, 2.05) is 30.3 Å². The standard InChI is InChI=1S/C21H25N3O4/c1-23(2)21(28)24-11-9-15(10-12-24)19(25)22-18(20(26)27)17-8-7-14-5-3-4-6-16(14)13-17/h3-8,13,15,18H,9-12H2,1-2H3,(H,22,25)(H,26,27). The molecule has 2 aromatic carbocycles. The van der Waals surface area contributed by atoms with Crippen molar-refractivity contribution in [3.05, 3.63) is 48.0 Å². The van der Waals surface area contributed by atoms with Gasteiger partial charge in [-0.05, 0) is 35.2 Å². The molecule has 0 bridgehead atoms. The number of rotatable bonds is 4. The maximum atomic E-state index is 12.7. The Morgan fingerprint density at radius 2 is 1.71 bits per heavy atom. The highest BCUT2D eigenvalue weighted by Crippen LogP contribution is 2.23. The first-order valence-electron chi connectivity index (χ1n) is 9.35. The van der Waals surface area contributed by atoms with Crippen LogP contribution in [0.5, 0.6) is 0 Å². The van der Waals surface area contributed by atoms with Gasteiger partial charge in [0, 0.05) is 33.1 Å². The quantitative estimate of drug-likeness (QED) is 0.849. The van der Waals surface area contributed by atoms with E-state index in [0.717, 1.165) is 10.8 Å². The highest BCUT2D eigenvalue weighted by atomic mass is 16.4. The molecule has 1 heterocycles. The summed E-state index contributed by atoms with van der Waals surface area (Å²) >= 11 is 0. The van der Waals surface area contributed by atoms with Crippen molar-refractivity contribution in [3.63, 3.8) is 0 Å². The molecule has 2 aromatic rings. The molecule has 0 radical (unpaired) electrons. The number of benzene rings is 2. The summed E-state index contributed by atoms with van der Waals surface area (Å²) in [6.45, 7) is 0.978. The van der Waals surface area contributed by atoms with Gasteiger partial charge in [0.05, 0.1) is 0 Å². The molecule has 1 aliphatic heterocycles. The van der Waals surface area contributed by atoms with E-state index < -0.39 is 12.0 Å². The summed E-state index contributed by atoms with van der Waals surface area (Å²) in [6.07, 6.45) is 1.05. The number of carbonyl (C=O) groups is 3. The number of carbonyl (C=O) groups excluding carboxylic acids is 2. The number of hydrogen-bond donors (Lipinski definition) is 2. The number of nitrogens with one attached hydrogen (secondary N) is 1. The number of likely N-dealkylation sites (tertiary alicyclic amines) is 1. The molecular weight excluding hydrogens is 358 g/mol. The lowest BCUT2D eigenvalue weighted by molar-refractivity contribution is -0.143. The van der Waals surface area contributed by atoms with Crippen molar-refractivity contribution >= 4 is 28.7 Å². The van der Waals surface area contributed by atoms with E-state index >= 15 is 0 Å². The summed E-state index contributed by atoms with van der Waals surface area (Å²) in [5, 5.41) is 14.3. The van der Waals surface area contributed by atoms with Gasteiger partial charge in [-0.1, -0.05) is 36.4 Å². The van der Waals surface area contributed by atoms with E-state index in [9.17, 15) is 19.5 Å². The molecule has 148 valence electrons. The second-order valence-corrected chi connectivity index (χ2v) is 7.32. The molecule has 0 saturated carbocycles. The van der Waals surface area contributed by atoms with Gasteiger partial charge in [-0.3, -0.25) is 4.79 Å². The molecule has 7 nitrogen and oxygen atoms in total. The number of aliphatic carboxylic acids is 1. The van der Waals surface area contributed by atoms with Crippen molar-refractivity contribution in [2.75, 3.05) is 27.2 Å². The summed E-state index contributed by atoms with van der Waals surface area (Å²) in [5.41, 5.74) is 0.541. The zero-order valence-corrected chi connectivity index (χ0v) is 16.1. The number of fused-ring (bicyclic) bond motifs is 1. The van der Waals surface area contributed by atoms with Crippen LogP contribution in [0.4, 0.5) is 4.79 Å². The van der Waals surface area contributed by atoms with Gasteiger partial charge in [0.1, 0.15) is 0 Å². The van der Waals surface area contributed by atoms with Crippen LogP contribution in [-0.2, 0) is 9.59 Å². The number of carboxylic acids is 1. The minimum atomic E-state index is -1.10. The molecular formula is C21H25N3O4. The normalized spacial score (nSPS) is 15.9. The van der Waals surface area contributed by atoms with Gasteiger partial charge < -0.3 is 20.2 Å². The first kappa shape index (κ1) is 19.7. The third-order valence-corrected chi connectivity index (χ3v) is 5.16. The molecule has 3 rings (SSSR count). The Labute approximate surface area is 163 Å². The second kappa shape index (κ2) is 8.29. The number of amides is 3. The molecule has 1 aliphatic rings. The molecule has 1 atom stereocenters. The van der Waals surface area contributed by atoms with Crippen LogP contribution < -0.4 is 5.32 Å². The predicted molar refractivity (Wildman–Crippen MR) is 106 cm³/mol. The lowest BCUT2D eigenvalue weighted by Crippen LogP contribution is -2.47. The summed E-state index contributed by atoms with van der Waals surface area (Å²) in [7, 11) is 3.39. The minimum Gasteiger partial charge on any atom is -0.479 e. The SMILES string of the molecule is CN(C)C(=O)N1CCC(C(=O)NC(C(=O)O)c2ccc3ccccc3c2)CC1. The fourth-order valence-corrected chi connectivity index (χ4v) is 3.55. The first-order valence-corrected chi connectivity index (χ1v) is 9.35. The van der Waals surface area contributed by atoms with Gasteiger partial charge in [-0.2, -0.15) is 0 Å². The Hall–Kier alpha value is -3.09. The van der Waals surface area contributed by atoms with Crippen molar-refractivity contribution in [3.8, 4) is 0 Å². The Morgan fingerprint density at radius 1 is 1.07 bits per heavy atom. The number of hydrogen-bond acceptors (Lipinski definition) is 3. The number of piperidine rings is 1. The monoisotopic (exact) mass is 383 g/mol. The molecule has 1 fully saturated rings. The third kappa shape index (κ3) is 4.24. The highest BCUT2D eigenvalue weighted by Gasteiger charge is 2.31. The van der Waals surface area contributed by atoms with Crippen molar-refractivity contribution < 1.29 is 19.5 Å². The fourth-order valence-electron chi connectivity index (χ4n) is 3.55. The molecule has 2 N–H and O–H groups in total. The maximum absolute atomic E-state index is 12.7. The summed E-state index contributed by atoms with van der Waals surface area (Å²) in [6, 6.07) is 11.9. The topological polar surface area (TPSA) is 90.0 Å². The van der Waals surface area contributed by atoms with Gasteiger partial charge in [0.15, 0.2) is 6.04 Å². The smallest absolute Gasteiger partial charge is 0.330 e. The lowest BCUT2D eigenvalue weighted by Gasteiger charge is -2.33. The summed E-state index contributed by atoms with van der Waals surface area (Å²) in [4.78, 5) is 39.7. The van der Waals surface area contributed by atoms with Crippen LogP contribution in [0.15, 0.2) is 42.5 Å². The molecule has 1 unspecified atom stereocenters. The Kier molecular flexibility index (Phi) is 5.82. The van der Waals surface area contributed by atoms with E-state index in [1.54, 1.807) is 31.1 Å². The van der Waals surface area contributed by atoms with Gasteiger partial charge in [0.2, 0.25) is 5.91 Å². The van der Waals surface area contributed by atoms with E-state index in [1.165, 1.54) is 4.90 Å². The Bertz CT molecular complexity index is 888. The molecule has 0 spiro atoms. The van der Waals surface area contributed by atoms with Crippen molar-refractivity contribution in [2.24, 2.45) is 5.92 Å². The van der Waals surface area contributed by atoms with Crippen LogP contribution in [0.1, 0.15) is 24.4 Å². The molecule has 3 amide bonds. The molecule has 28 heavy (non-hydrogen) atoms. The van der Waals surface area contributed by atoms with Crippen LogP contribution in [0.2, 0.25) is 0 Å². The van der Waals surface area contributed by atoms with E-state index in [4.69, 9.17) is 0 Å². The van der Waals surface area contributed by atoms with Crippen molar-refractivity contribution in [1.82, 2.24) is 15.1 Å². The minimum absolute atomic E-state index is 0.0709. The molecule has 0 aliphatic carbocycles. The summed E-state index contributed by atoms with van der Waals surface area (Å²) in [5.74, 6) is -1.67. The first-order chi connectivity index (χ1) is 13.4. The fraction of sp³-hybridized carbons (Fsp3) is 0.381. The van der Waals surface area contributed by atoms with E-state index in [0.29, 0.717) is 31.5 Å².